The van der Waals surface area contributed by atoms with Crippen molar-refractivity contribution in [3.05, 3.63) is 0 Å². The van der Waals surface area contributed by atoms with Gasteiger partial charge in [-0.25, -0.2) is 0 Å². The van der Waals surface area contributed by atoms with Gasteiger partial charge < -0.3 is 14.7 Å². The Morgan fingerprint density at radius 2 is 2.27 bits per heavy atom. The van der Waals surface area contributed by atoms with Crippen molar-refractivity contribution in [2.75, 3.05) is 33.9 Å². The third kappa shape index (κ3) is 2.77. The third-order valence-electron chi connectivity index (χ3n) is 1.91. The molecule has 3 heteroatoms. The lowest BCUT2D eigenvalue weighted by atomic mass is 9.96. The fourth-order valence-electron chi connectivity index (χ4n) is 1.55. The minimum Gasteiger partial charge on any atom is -0.386 e. The smallest absolute Gasteiger partial charge is 0.101 e. The van der Waals surface area contributed by atoms with Crippen molar-refractivity contribution in [3.8, 4) is 0 Å². The van der Waals surface area contributed by atoms with Gasteiger partial charge in [-0.2, -0.15) is 0 Å². The predicted molar refractivity (Wildman–Crippen MR) is 43.6 cm³/mol. The van der Waals surface area contributed by atoms with Crippen LogP contribution in [-0.2, 0) is 4.74 Å². The highest BCUT2D eigenvalue weighted by Gasteiger charge is 2.30. The number of likely N-dealkylation sites (N-methyl/N-ethyl adjacent to an activating group) is 1. The molecule has 1 rings (SSSR count). The monoisotopic (exact) mass is 159 g/mol. The van der Waals surface area contributed by atoms with Crippen molar-refractivity contribution in [1.82, 2.24) is 4.90 Å². The Kier molecular flexibility index (Phi) is 2.87. The summed E-state index contributed by atoms with van der Waals surface area (Å²) >= 11 is 0. The lowest BCUT2D eigenvalue weighted by molar-refractivity contribution is -0.0950. The fourth-order valence-corrected chi connectivity index (χ4v) is 1.55. The van der Waals surface area contributed by atoms with E-state index < -0.39 is 5.60 Å². The molecule has 11 heavy (non-hydrogen) atoms. The van der Waals surface area contributed by atoms with E-state index in [0.29, 0.717) is 13.2 Å². The maximum Gasteiger partial charge on any atom is 0.101 e. The summed E-state index contributed by atoms with van der Waals surface area (Å²) < 4.78 is 5.21. The van der Waals surface area contributed by atoms with Crippen LogP contribution in [0, 0.1) is 0 Å². The molecule has 1 unspecified atom stereocenters. The highest BCUT2D eigenvalue weighted by atomic mass is 16.5. The van der Waals surface area contributed by atoms with E-state index in [1.807, 2.05) is 19.0 Å². The topological polar surface area (TPSA) is 32.7 Å². The molecule has 1 atom stereocenters. The van der Waals surface area contributed by atoms with Crippen LogP contribution in [0.5, 0.6) is 0 Å². The van der Waals surface area contributed by atoms with E-state index >= 15 is 0 Å². The summed E-state index contributed by atoms with van der Waals surface area (Å²) in [5.74, 6) is 0. The molecule has 1 fully saturated rings. The van der Waals surface area contributed by atoms with Crippen molar-refractivity contribution >= 4 is 0 Å². The Hall–Kier alpha value is -0.120. The van der Waals surface area contributed by atoms with Gasteiger partial charge in [-0.15, -0.1) is 0 Å². The second-order valence-corrected chi connectivity index (χ2v) is 3.62. The van der Waals surface area contributed by atoms with Gasteiger partial charge in [0.25, 0.3) is 0 Å². The van der Waals surface area contributed by atoms with Crippen LogP contribution in [0.4, 0.5) is 0 Å². The molecule has 0 amide bonds. The van der Waals surface area contributed by atoms with Gasteiger partial charge in [0, 0.05) is 13.2 Å². The number of ether oxygens (including phenoxy) is 1. The van der Waals surface area contributed by atoms with Crippen LogP contribution >= 0.6 is 0 Å². The average Bonchev–Trinajstić information content (AvgIpc) is 1.85. The van der Waals surface area contributed by atoms with Gasteiger partial charge >= 0.3 is 0 Å². The van der Waals surface area contributed by atoms with Gasteiger partial charge in [-0.1, -0.05) is 0 Å². The Labute approximate surface area is 68.0 Å². The van der Waals surface area contributed by atoms with Gasteiger partial charge in [0.05, 0.1) is 6.61 Å². The zero-order valence-corrected chi connectivity index (χ0v) is 7.34. The highest BCUT2D eigenvalue weighted by Crippen LogP contribution is 2.18. The summed E-state index contributed by atoms with van der Waals surface area (Å²) in [4.78, 5) is 1.99. The first kappa shape index (κ1) is 8.97. The molecule has 1 aliphatic heterocycles. The molecule has 1 aliphatic rings. The van der Waals surface area contributed by atoms with Crippen LogP contribution in [-0.4, -0.2) is 49.5 Å². The summed E-state index contributed by atoms with van der Waals surface area (Å²) in [6, 6.07) is 0. The molecule has 0 spiro atoms. The van der Waals surface area contributed by atoms with Gasteiger partial charge in [-0.05, 0) is 26.9 Å². The number of hydrogen-bond acceptors (Lipinski definition) is 3. The zero-order valence-electron chi connectivity index (χ0n) is 7.34. The van der Waals surface area contributed by atoms with Crippen LogP contribution in [0.3, 0.4) is 0 Å². The Balaban J connectivity index is 2.37. The molecule has 66 valence electrons. The van der Waals surface area contributed by atoms with E-state index in [-0.39, 0.29) is 0 Å². The number of nitrogens with zero attached hydrogens (tertiary/aromatic N) is 1. The van der Waals surface area contributed by atoms with Crippen LogP contribution < -0.4 is 0 Å². The SMILES string of the molecule is CN(C)CC1(O)CCCOC1. The first-order valence-corrected chi connectivity index (χ1v) is 4.07. The van der Waals surface area contributed by atoms with E-state index in [4.69, 9.17) is 4.74 Å². The quantitative estimate of drug-likeness (QED) is 0.620. The van der Waals surface area contributed by atoms with Crippen LogP contribution in [0.25, 0.3) is 0 Å². The summed E-state index contributed by atoms with van der Waals surface area (Å²) in [6.45, 7) is 1.99. The zero-order chi connectivity index (χ0) is 8.32. The Morgan fingerprint density at radius 1 is 1.55 bits per heavy atom. The fraction of sp³-hybridized carbons (Fsp3) is 1.00. The molecule has 0 bridgehead atoms. The lowest BCUT2D eigenvalue weighted by Crippen LogP contribution is -2.46. The highest BCUT2D eigenvalue weighted by molar-refractivity contribution is 4.83. The second kappa shape index (κ2) is 3.52. The molecule has 1 N–H and O–H groups in total. The van der Waals surface area contributed by atoms with Gasteiger partial charge in [0.1, 0.15) is 5.60 Å². The average molecular weight is 159 g/mol. The molecule has 0 aromatic carbocycles. The first-order chi connectivity index (χ1) is 5.12. The minimum atomic E-state index is -0.595. The Morgan fingerprint density at radius 3 is 2.73 bits per heavy atom. The van der Waals surface area contributed by atoms with Gasteiger partial charge in [0.2, 0.25) is 0 Å². The molecule has 1 saturated heterocycles. The minimum absolute atomic E-state index is 0.491. The van der Waals surface area contributed by atoms with Gasteiger partial charge in [-0.3, -0.25) is 0 Å². The van der Waals surface area contributed by atoms with Crippen molar-refractivity contribution in [3.63, 3.8) is 0 Å². The lowest BCUT2D eigenvalue weighted by Gasteiger charge is -2.34. The van der Waals surface area contributed by atoms with Crippen LogP contribution in [0.1, 0.15) is 12.8 Å². The summed E-state index contributed by atoms with van der Waals surface area (Å²) in [5, 5.41) is 9.88. The molecule has 0 aliphatic carbocycles. The molecule has 1 heterocycles. The molecular formula is C8H17NO2. The maximum absolute atomic E-state index is 9.88. The van der Waals surface area contributed by atoms with E-state index in [0.717, 1.165) is 19.4 Å². The van der Waals surface area contributed by atoms with E-state index in [1.165, 1.54) is 0 Å². The molecule has 0 aromatic heterocycles. The molecule has 0 aromatic rings. The third-order valence-corrected chi connectivity index (χ3v) is 1.91. The van der Waals surface area contributed by atoms with Crippen molar-refractivity contribution < 1.29 is 9.84 Å². The van der Waals surface area contributed by atoms with E-state index in [9.17, 15) is 5.11 Å². The number of hydrogen-bond donors (Lipinski definition) is 1. The van der Waals surface area contributed by atoms with E-state index in [2.05, 4.69) is 0 Å². The number of aliphatic hydroxyl groups is 1. The van der Waals surface area contributed by atoms with Crippen molar-refractivity contribution in [2.45, 2.75) is 18.4 Å². The molecule has 3 nitrogen and oxygen atoms in total. The molecule has 0 radical (unpaired) electrons. The normalized spacial score (nSPS) is 32.7. The summed E-state index contributed by atoms with van der Waals surface area (Å²) in [5.41, 5.74) is -0.595. The second-order valence-electron chi connectivity index (χ2n) is 3.62. The largest absolute Gasteiger partial charge is 0.386 e. The van der Waals surface area contributed by atoms with Gasteiger partial charge in [0.15, 0.2) is 0 Å². The first-order valence-electron chi connectivity index (χ1n) is 4.07. The summed E-state index contributed by atoms with van der Waals surface area (Å²) in [6.07, 6.45) is 1.84. The van der Waals surface area contributed by atoms with Crippen molar-refractivity contribution in [1.29, 1.82) is 0 Å². The maximum atomic E-state index is 9.88. The van der Waals surface area contributed by atoms with Crippen molar-refractivity contribution in [2.24, 2.45) is 0 Å². The Bertz CT molecular complexity index is 119. The molecular weight excluding hydrogens is 142 g/mol. The van der Waals surface area contributed by atoms with Crippen LogP contribution in [0.15, 0.2) is 0 Å². The van der Waals surface area contributed by atoms with Crippen LogP contribution in [0.2, 0.25) is 0 Å². The van der Waals surface area contributed by atoms with E-state index in [1.54, 1.807) is 0 Å². The standard InChI is InChI=1S/C8H17NO2/c1-9(2)6-8(10)4-3-5-11-7-8/h10H,3-7H2,1-2H3. The summed E-state index contributed by atoms with van der Waals surface area (Å²) in [7, 11) is 3.93. The predicted octanol–water partition coefficient (Wildman–Crippen LogP) is 0.0895. The number of rotatable bonds is 2. The molecule has 0 saturated carbocycles.